The average Bonchev–Trinajstić information content (AvgIpc) is 2.92. The van der Waals surface area contributed by atoms with Crippen LogP contribution in [0, 0.1) is 0 Å². The van der Waals surface area contributed by atoms with Crippen molar-refractivity contribution in [3.63, 3.8) is 0 Å². The average molecular weight is 466 g/mol. The molecular formula is C29H27N3O3. The molecule has 0 radical (unpaired) electrons. The van der Waals surface area contributed by atoms with Gasteiger partial charge in [0.1, 0.15) is 5.82 Å². The van der Waals surface area contributed by atoms with E-state index in [2.05, 4.69) is 27.9 Å². The Balaban J connectivity index is 1.27. The summed E-state index contributed by atoms with van der Waals surface area (Å²) in [6.07, 6.45) is 1.66. The van der Waals surface area contributed by atoms with Crippen LogP contribution in [0.15, 0.2) is 97.1 Å². The van der Waals surface area contributed by atoms with Crippen molar-refractivity contribution in [1.29, 1.82) is 0 Å². The van der Waals surface area contributed by atoms with Gasteiger partial charge in [-0.05, 0) is 42.7 Å². The van der Waals surface area contributed by atoms with Crippen molar-refractivity contribution in [2.45, 2.75) is 19.3 Å². The van der Waals surface area contributed by atoms with Crippen molar-refractivity contribution in [1.82, 2.24) is 4.98 Å². The molecule has 35 heavy (non-hydrogen) atoms. The molecule has 4 aromatic rings. The molecule has 0 bridgehead atoms. The molecule has 0 aliphatic heterocycles. The number of hydrogen-bond acceptors (Lipinski definition) is 6. The summed E-state index contributed by atoms with van der Waals surface area (Å²) in [5, 5.41) is 3.05. The Morgan fingerprint density at radius 1 is 0.829 bits per heavy atom. The maximum Gasteiger partial charge on any atom is 0.332 e. The zero-order valence-corrected chi connectivity index (χ0v) is 19.5. The van der Waals surface area contributed by atoms with E-state index in [1.165, 1.54) is 0 Å². The second-order valence-corrected chi connectivity index (χ2v) is 8.03. The highest BCUT2D eigenvalue weighted by Gasteiger charge is 2.14. The van der Waals surface area contributed by atoms with Gasteiger partial charge in [-0.15, -0.1) is 0 Å². The zero-order valence-electron chi connectivity index (χ0n) is 19.5. The molecule has 0 fully saturated rings. The van der Waals surface area contributed by atoms with E-state index >= 15 is 0 Å². The lowest BCUT2D eigenvalue weighted by Crippen LogP contribution is -2.13. The van der Waals surface area contributed by atoms with Crippen LogP contribution in [0.4, 0.5) is 11.5 Å². The Morgan fingerprint density at radius 3 is 2.34 bits per heavy atom. The molecule has 0 aliphatic rings. The van der Waals surface area contributed by atoms with Crippen LogP contribution in [0.3, 0.4) is 0 Å². The lowest BCUT2D eigenvalue weighted by molar-refractivity contribution is -0.140. The van der Waals surface area contributed by atoms with Crippen molar-refractivity contribution < 1.29 is 14.4 Å². The van der Waals surface area contributed by atoms with Gasteiger partial charge in [0.05, 0.1) is 11.4 Å². The number of para-hydroxylation sites is 1. The van der Waals surface area contributed by atoms with Crippen LogP contribution < -0.4 is 10.8 Å². The standard InChI is InChI=1S/C29H27N3O3/c1-30-27-15-8-14-25(31-27)22-19-17-21(18-20-22)9-7-16-28(33)35-32-26-13-6-5-12-24(26)29(34)23-10-3-2-4-11-23/h2-6,8,10-15,17-20,32H,7,9,16H2,1H3,(H,30,31). The summed E-state index contributed by atoms with van der Waals surface area (Å²) in [5.41, 5.74) is 7.23. The van der Waals surface area contributed by atoms with Gasteiger partial charge in [0.25, 0.3) is 0 Å². The number of aromatic nitrogens is 1. The summed E-state index contributed by atoms with van der Waals surface area (Å²) >= 11 is 0. The van der Waals surface area contributed by atoms with E-state index in [-0.39, 0.29) is 18.2 Å². The summed E-state index contributed by atoms with van der Waals surface area (Å²) in [6, 6.07) is 30.0. The molecule has 4 rings (SSSR count). The summed E-state index contributed by atoms with van der Waals surface area (Å²) < 4.78 is 0. The van der Waals surface area contributed by atoms with Gasteiger partial charge in [0, 0.05) is 30.2 Å². The van der Waals surface area contributed by atoms with Crippen LogP contribution >= 0.6 is 0 Å². The van der Waals surface area contributed by atoms with E-state index in [1.54, 1.807) is 36.4 Å². The Hall–Kier alpha value is -4.45. The summed E-state index contributed by atoms with van der Waals surface area (Å²) in [6.45, 7) is 0. The third-order valence-corrected chi connectivity index (χ3v) is 5.58. The minimum absolute atomic E-state index is 0.138. The van der Waals surface area contributed by atoms with E-state index in [9.17, 15) is 9.59 Å². The van der Waals surface area contributed by atoms with Crippen LogP contribution in [0.1, 0.15) is 34.3 Å². The number of aryl methyl sites for hydroxylation is 1. The van der Waals surface area contributed by atoms with Gasteiger partial charge in [-0.1, -0.05) is 72.8 Å². The normalized spacial score (nSPS) is 10.4. The van der Waals surface area contributed by atoms with Crippen molar-refractivity contribution >= 4 is 23.3 Å². The molecule has 0 saturated carbocycles. The summed E-state index contributed by atoms with van der Waals surface area (Å²) in [7, 11) is 1.85. The predicted octanol–water partition coefficient (Wildman–Crippen LogP) is 5.91. The number of benzene rings is 3. The van der Waals surface area contributed by atoms with Gasteiger partial charge in [0.2, 0.25) is 0 Å². The number of hydrogen-bond donors (Lipinski definition) is 2. The highest BCUT2D eigenvalue weighted by atomic mass is 16.7. The van der Waals surface area contributed by atoms with Gasteiger partial charge in [-0.2, -0.15) is 0 Å². The Kier molecular flexibility index (Phi) is 7.86. The third-order valence-electron chi connectivity index (χ3n) is 5.58. The molecule has 1 heterocycles. The summed E-state index contributed by atoms with van der Waals surface area (Å²) in [4.78, 5) is 34.9. The monoisotopic (exact) mass is 465 g/mol. The number of rotatable bonds is 10. The van der Waals surface area contributed by atoms with Gasteiger partial charge < -0.3 is 10.2 Å². The number of pyridine rings is 1. The van der Waals surface area contributed by atoms with Crippen molar-refractivity contribution in [2.24, 2.45) is 0 Å². The van der Waals surface area contributed by atoms with Crippen LogP contribution in [0.2, 0.25) is 0 Å². The molecule has 0 amide bonds. The lowest BCUT2D eigenvalue weighted by atomic mass is 10.0. The second-order valence-electron chi connectivity index (χ2n) is 8.03. The maximum absolute atomic E-state index is 12.8. The van der Waals surface area contributed by atoms with Crippen LogP contribution in [-0.4, -0.2) is 23.8 Å². The van der Waals surface area contributed by atoms with Gasteiger partial charge in [-0.3, -0.25) is 4.79 Å². The molecular weight excluding hydrogens is 438 g/mol. The smallest absolute Gasteiger partial charge is 0.332 e. The molecule has 0 unspecified atom stereocenters. The topological polar surface area (TPSA) is 80.3 Å². The molecule has 0 aliphatic carbocycles. The first-order chi connectivity index (χ1) is 17.1. The number of nitrogens with zero attached hydrogens (tertiary/aromatic N) is 1. The highest BCUT2D eigenvalue weighted by molar-refractivity contribution is 6.12. The van der Waals surface area contributed by atoms with Gasteiger partial charge in [-0.25, -0.2) is 15.3 Å². The highest BCUT2D eigenvalue weighted by Crippen LogP contribution is 2.21. The molecule has 0 spiro atoms. The minimum atomic E-state index is -0.378. The number of anilines is 2. The van der Waals surface area contributed by atoms with E-state index in [0.29, 0.717) is 23.2 Å². The Morgan fingerprint density at radius 2 is 1.57 bits per heavy atom. The molecule has 0 atom stereocenters. The minimum Gasteiger partial charge on any atom is -0.373 e. The SMILES string of the molecule is CNc1cccc(-c2ccc(CCCC(=O)ONc3ccccc3C(=O)c3ccccc3)cc2)n1. The Labute approximate surface area is 205 Å². The number of nitrogens with one attached hydrogen (secondary N) is 2. The first kappa shape index (κ1) is 23.7. The largest absolute Gasteiger partial charge is 0.373 e. The lowest BCUT2D eigenvalue weighted by Gasteiger charge is -2.11. The maximum atomic E-state index is 12.8. The van der Waals surface area contributed by atoms with E-state index in [4.69, 9.17) is 4.84 Å². The van der Waals surface area contributed by atoms with Crippen molar-refractivity contribution in [3.8, 4) is 11.3 Å². The number of ketones is 1. The van der Waals surface area contributed by atoms with Crippen LogP contribution in [0.5, 0.6) is 0 Å². The molecule has 1 aromatic heterocycles. The predicted molar refractivity (Wildman–Crippen MR) is 138 cm³/mol. The second kappa shape index (κ2) is 11.6. The van der Waals surface area contributed by atoms with Crippen molar-refractivity contribution in [3.05, 3.63) is 114 Å². The molecule has 2 N–H and O–H groups in total. The number of carbonyl (C=O) groups excluding carboxylic acids is 2. The van der Waals surface area contributed by atoms with E-state index < -0.39 is 0 Å². The number of carbonyl (C=O) groups is 2. The van der Waals surface area contributed by atoms with E-state index in [1.807, 2.05) is 55.6 Å². The molecule has 3 aromatic carbocycles. The molecule has 6 nitrogen and oxygen atoms in total. The summed E-state index contributed by atoms with van der Waals surface area (Å²) in [5.74, 6) is 0.309. The quantitative estimate of drug-likeness (QED) is 0.224. The van der Waals surface area contributed by atoms with Gasteiger partial charge in [0.15, 0.2) is 5.78 Å². The molecule has 0 saturated heterocycles. The molecule has 6 heteroatoms. The Bertz CT molecular complexity index is 1290. The van der Waals surface area contributed by atoms with Crippen LogP contribution in [-0.2, 0) is 16.1 Å². The van der Waals surface area contributed by atoms with Crippen molar-refractivity contribution in [2.75, 3.05) is 17.8 Å². The fraction of sp³-hybridized carbons (Fsp3) is 0.138. The van der Waals surface area contributed by atoms with Gasteiger partial charge >= 0.3 is 5.97 Å². The fourth-order valence-electron chi connectivity index (χ4n) is 3.69. The zero-order chi connectivity index (χ0) is 24.5. The van der Waals surface area contributed by atoms with E-state index in [0.717, 1.165) is 29.1 Å². The first-order valence-corrected chi connectivity index (χ1v) is 11.5. The third kappa shape index (κ3) is 6.32. The molecule has 176 valence electrons. The fourth-order valence-corrected chi connectivity index (χ4v) is 3.69. The van der Waals surface area contributed by atoms with Crippen LogP contribution in [0.25, 0.3) is 11.3 Å². The first-order valence-electron chi connectivity index (χ1n) is 11.5.